The summed E-state index contributed by atoms with van der Waals surface area (Å²) in [4.78, 5) is 0. The van der Waals surface area contributed by atoms with Gasteiger partial charge in [0.2, 0.25) is 12.6 Å². The molecule has 0 saturated carbocycles. The minimum Gasteiger partial charge on any atom is -0.508 e. The molecule has 2 fully saturated rings. The van der Waals surface area contributed by atoms with Crippen LogP contribution in [-0.2, 0) is 9.47 Å². The molecule has 2 aliphatic heterocycles. The molecule has 10 atom stereocenters. The summed E-state index contributed by atoms with van der Waals surface area (Å²) in [6, 6.07) is 11.4. The third-order valence-electron chi connectivity index (χ3n) is 5.87. The third-order valence-corrected chi connectivity index (χ3v) is 5.87. The van der Waals surface area contributed by atoms with E-state index in [1.54, 1.807) is 0 Å². The summed E-state index contributed by atoms with van der Waals surface area (Å²) in [5.41, 5.74) is 0. The quantitative estimate of drug-likeness (QED) is 0.141. The Morgan fingerprint density at radius 3 is 1.00 bits per heavy atom. The van der Waals surface area contributed by atoms with E-state index in [1.165, 1.54) is 48.5 Å². The summed E-state index contributed by atoms with van der Waals surface area (Å²) in [7, 11) is 0. The van der Waals surface area contributed by atoms with Crippen molar-refractivity contribution in [3.05, 3.63) is 48.5 Å². The van der Waals surface area contributed by atoms with Crippen molar-refractivity contribution in [3.63, 3.8) is 0 Å². The predicted molar refractivity (Wildman–Crippen MR) is 143 cm³/mol. The molecular weight excluding hydrogens is 592 g/mol. The number of aliphatic hydroxyl groups is 8. The fourth-order valence-electron chi connectivity index (χ4n) is 3.65. The molecule has 0 amide bonds. The summed E-state index contributed by atoms with van der Waals surface area (Å²) in [5.74, 6) is 0.728. The van der Waals surface area contributed by atoms with Crippen molar-refractivity contribution in [1.82, 2.24) is 0 Å². The lowest BCUT2D eigenvalue weighted by molar-refractivity contribution is -0.277. The van der Waals surface area contributed by atoms with Gasteiger partial charge in [-0.3, -0.25) is 0 Å². The van der Waals surface area contributed by atoms with Crippen molar-refractivity contribution >= 4 is 0 Å². The Kier molecular flexibility index (Phi) is 20.8. The zero-order valence-corrected chi connectivity index (χ0v) is 22.4. The van der Waals surface area contributed by atoms with Crippen LogP contribution in [-0.4, -0.2) is 153 Å². The highest BCUT2D eigenvalue weighted by molar-refractivity contribution is 5.31. The van der Waals surface area contributed by atoms with E-state index >= 15 is 0 Å². The molecule has 2 aromatic carbocycles. The fraction of sp³-hybridized carbons (Fsp3) is 0.500. The van der Waals surface area contributed by atoms with Gasteiger partial charge in [0, 0.05) is 0 Å². The maximum Gasteiger partial charge on any atom is 0.229 e. The van der Waals surface area contributed by atoms with Gasteiger partial charge in [0.15, 0.2) is 0 Å². The Morgan fingerprint density at radius 2 is 0.744 bits per heavy atom. The highest BCUT2D eigenvalue weighted by Gasteiger charge is 2.45. The molecule has 19 heteroatoms. The monoisotopic (exact) mass is 634 g/mol. The van der Waals surface area contributed by atoms with Crippen LogP contribution in [0.3, 0.4) is 0 Å². The molecule has 0 spiro atoms. The van der Waals surface area contributed by atoms with Crippen LogP contribution < -0.4 is 9.47 Å². The minimum atomic E-state index is -1.48. The van der Waals surface area contributed by atoms with E-state index in [9.17, 15) is 30.6 Å². The lowest BCUT2D eigenvalue weighted by Crippen LogP contribution is -2.60. The van der Waals surface area contributed by atoms with Crippen molar-refractivity contribution in [1.29, 1.82) is 0 Å². The van der Waals surface area contributed by atoms with Crippen molar-refractivity contribution < 1.29 is 97.4 Å². The molecule has 0 radical (unpaired) electrons. The van der Waals surface area contributed by atoms with Crippen LogP contribution >= 0.6 is 0 Å². The average molecular weight is 635 g/mol. The van der Waals surface area contributed by atoms with E-state index in [2.05, 4.69) is 0 Å². The number of phenols is 2. The van der Waals surface area contributed by atoms with E-state index < -0.39 is 74.6 Å². The van der Waals surface area contributed by atoms with Crippen molar-refractivity contribution in [2.45, 2.75) is 61.4 Å². The van der Waals surface area contributed by atoms with Crippen LogP contribution in [0, 0.1) is 0 Å². The molecule has 2 saturated heterocycles. The number of rotatable bonds is 6. The Labute approximate surface area is 244 Å². The van der Waals surface area contributed by atoms with E-state index in [-0.39, 0.29) is 38.9 Å². The lowest BCUT2D eigenvalue weighted by atomic mass is 9.99. The van der Waals surface area contributed by atoms with Crippen molar-refractivity contribution in [3.8, 4) is 23.0 Å². The summed E-state index contributed by atoms with van der Waals surface area (Å²) >= 11 is 0. The molecule has 19 nitrogen and oxygen atoms in total. The molecule has 20 N–H and O–H groups in total. The van der Waals surface area contributed by atoms with Crippen molar-refractivity contribution in [2.24, 2.45) is 0 Å². The topological polar surface area (TPSA) is 397 Å². The van der Waals surface area contributed by atoms with Gasteiger partial charge in [0.1, 0.15) is 71.8 Å². The smallest absolute Gasteiger partial charge is 0.229 e. The highest BCUT2D eigenvalue weighted by atomic mass is 16.7. The Bertz CT molecular complexity index is 896. The van der Waals surface area contributed by atoms with Gasteiger partial charge in [-0.1, -0.05) is 0 Å². The van der Waals surface area contributed by atoms with Gasteiger partial charge in [-0.25, -0.2) is 0 Å². The number of benzene rings is 2. The Hall–Kier alpha value is -2.96. The summed E-state index contributed by atoms with van der Waals surface area (Å²) in [6.45, 7) is -1.03. The fourth-order valence-corrected chi connectivity index (χ4v) is 3.65. The van der Waals surface area contributed by atoms with Crippen LogP contribution in [0.25, 0.3) is 0 Å². The second kappa shape index (κ2) is 20.1. The second-order valence-corrected chi connectivity index (χ2v) is 8.62. The SMILES string of the molecule is O.O.O.O.O.OC[C@H]1O[C@@H](Oc2ccc(O)cc2)[C@H](O)[C@@H](O)[C@@H]1O.OC[C@H]1O[C@@H](Oc2ccc(O)cc2)[C@H](O)[C@@H](O)[C@@H]1O. The molecule has 0 aromatic heterocycles. The van der Waals surface area contributed by atoms with Crippen LogP contribution in [0.15, 0.2) is 48.5 Å². The van der Waals surface area contributed by atoms with E-state index in [4.69, 9.17) is 39.4 Å². The molecule has 2 aliphatic rings. The van der Waals surface area contributed by atoms with Gasteiger partial charge in [-0.2, -0.15) is 0 Å². The molecule has 0 aliphatic carbocycles. The molecule has 2 heterocycles. The number of hydrogen-bond donors (Lipinski definition) is 10. The van der Waals surface area contributed by atoms with Gasteiger partial charge in [0.25, 0.3) is 0 Å². The number of hydrogen-bond acceptors (Lipinski definition) is 14. The number of ether oxygens (including phenoxy) is 4. The lowest BCUT2D eigenvalue weighted by Gasteiger charge is -2.39. The van der Waals surface area contributed by atoms with Crippen LogP contribution in [0.4, 0.5) is 0 Å². The molecule has 0 bridgehead atoms. The van der Waals surface area contributed by atoms with Crippen molar-refractivity contribution in [2.75, 3.05) is 13.2 Å². The largest absolute Gasteiger partial charge is 0.508 e. The summed E-state index contributed by atoms with van der Waals surface area (Å²) in [5, 5.41) is 94.1. The molecule has 4 rings (SSSR count). The molecular formula is C24H42O19. The standard InChI is InChI=1S/2C12H16O7.5H2O/c2*13-5-8-9(15)10(16)11(17)12(19-8)18-7-3-1-6(14)2-4-7;;;;;/h2*1-4,8-17H,5H2;5*1H2/t2*8-,9-,10+,11-,12-;;;;;/m11...../s1. The zero-order chi connectivity index (χ0) is 28.0. The third kappa shape index (κ3) is 11.2. The first kappa shape index (κ1) is 44.5. The first-order chi connectivity index (χ1) is 18.0. The van der Waals surface area contributed by atoms with Gasteiger partial charge in [0.05, 0.1) is 13.2 Å². The number of aromatic hydroxyl groups is 2. The minimum absolute atomic E-state index is 0. The molecule has 0 unspecified atom stereocenters. The maximum atomic E-state index is 9.75. The van der Waals surface area contributed by atoms with E-state index in [0.717, 1.165) is 0 Å². The first-order valence-corrected chi connectivity index (χ1v) is 11.6. The second-order valence-electron chi connectivity index (χ2n) is 8.62. The van der Waals surface area contributed by atoms with Gasteiger partial charge >= 0.3 is 0 Å². The van der Waals surface area contributed by atoms with Gasteiger partial charge in [-0.05, 0) is 48.5 Å². The molecule has 2 aromatic rings. The first-order valence-electron chi connectivity index (χ1n) is 11.6. The Balaban J connectivity index is -0.000000667. The Morgan fingerprint density at radius 1 is 0.465 bits per heavy atom. The summed E-state index contributed by atoms with van der Waals surface area (Å²) in [6.07, 6.45) is -13.2. The van der Waals surface area contributed by atoms with E-state index in [0.29, 0.717) is 11.5 Å². The van der Waals surface area contributed by atoms with Gasteiger partial charge < -0.3 is 97.4 Å². The molecule has 43 heavy (non-hydrogen) atoms. The molecule has 252 valence electrons. The van der Waals surface area contributed by atoms with Crippen LogP contribution in [0.5, 0.6) is 23.0 Å². The van der Waals surface area contributed by atoms with E-state index in [1.807, 2.05) is 0 Å². The number of phenolic OH excluding ortho intramolecular Hbond substituents is 2. The van der Waals surface area contributed by atoms with Crippen LogP contribution in [0.1, 0.15) is 0 Å². The normalized spacial score (nSPS) is 31.0. The number of aliphatic hydroxyl groups excluding tert-OH is 8. The zero-order valence-electron chi connectivity index (χ0n) is 22.4. The van der Waals surface area contributed by atoms with Crippen LogP contribution in [0.2, 0.25) is 0 Å². The van der Waals surface area contributed by atoms with Gasteiger partial charge in [-0.15, -0.1) is 0 Å². The average Bonchev–Trinajstić information content (AvgIpc) is 2.92. The summed E-state index contributed by atoms with van der Waals surface area (Å²) < 4.78 is 21.0. The maximum absolute atomic E-state index is 9.75. The predicted octanol–water partition coefficient (Wildman–Crippen LogP) is -6.98. The highest BCUT2D eigenvalue weighted by Crippen LogP contribution is 2.26.